The average Bonchev–Trinajstić information content (AvgIpc) is 2.58. The number of nitrogens with zero attached hydrogens (tertiary/aromatic N) is 1. The zero-order chi connectivity index (χ0) is 18.9. The first kappa shape index (κ1) is 20.2. The third kappa shape index (κ3) is 7.00. The van der Waals surface area contributed by atoms with Crippen LogP contribution in [0.15, 0.2) is 42.5 Å². The normalized spacial score (nSPS) is 10.9. The first-order chi connectivity index (χ1) is 12.4. The summed E-state index contributed by atoms with van der Waals surface area (Å²) in [4.78, 5) is 14.2. The van der Waals surface area contributed by atoms with Crippen LogP contribution in [0.3, 0.4) is 0 Å². The molecular weight excluding hydrogens is 328 g/mol. The molecule has 0 atom stereocenters. The molecule has 0 aliphatic rings. The van der Waals surface area contributed by atoms with Crippen molar-refractivity contribution in [3.05, 3.63) is 59.4 Å². The number of rotatable bonds is 10. The summed E-state index contributed by atoms with van der Waals surface area (Å²) < 4.78 is 19.2. The van der Waals surface area contributed by atoms with E-state index in [1.54, 1.807) is 20.0 Å². The largest absolute Gasteiger partial charge is 0.493 e. The highest BCUT2D eigenvalue weighted by atomic mass is 19.1. The Bertz CT molecular complexity index is 734. The number of Topliss-reactive ketones (excluding diaryl/α,β-unsaturated/α-hetero) is 1. The van der Waals surface area contributed by atoms with Gasteiger partial charge in [0, 0.05) is 25.3 Å². The van der Waals surface area contributed by atoms with Crippen LogP contribution in [0.1, 0.15) is 24.0 Å². The van der Waals surface area contributed by atoms with Gasteiger partial charge in [0.2, 0.25) is 0 Å². The summed E-state index contributed by atoms with van der Waals surface area (Å²) in [6, 6.07) is 13.0. The molecule has 0 aliphatic carbocycles. The Labute approximate surface area is 156 Å². The number of halogens is 1. The monoisotopic (exact) mass is 355 g/mol. The Morgan fingerprint density at radius 3 is 2.65 bits per heavy atom. The van der Waals surface area contributed by atoms with Crippen LogP contribution in [-0.2, 0) is 17.6 Å². The maximum Gasteiger partial charge on any atom is 0.143 e. The fraction of sp³-hybridized carbons (Fsp3) is 0.381. The van der Waals surface area contributed by atoms with E-state index in [-0.39, 0.29) is 11.6 Å². The SMILES string of the molecule is Bc1ccc(OCCc2cccc(CC(=O)CCCN(C)C)c2)cc1F. The molecule has 0 spiro atoms. The van der Waals surface area contributed by atoms with Gasteiger partial charge in [0.15, 0.2) is 0 Å². The molecule has 0 amide bonds. The van der Waals surface area contributed by atoms with E-state index in [9.17, 15) is 9.18 Å². The highest BCUT2D eigenvalue weighted by Crippen LogP contribution is 2.13. The van der Waals surface area contributed by atoms with E-state index in [0.717, 1.165) is 30.5 Å². The second kappa shape index (κ2) is 10.1. The van der Waals surface area contributed by atoms with E-state index in [0.29, 0.717) is 30.7 Å². The van der Waals surface area contributed by atoms with Crippen LogP contribution in [0.2, 0.25) is 0 Å². The second-order valence-corrected chi connectivity index (χ2v) is 6.95. The minimum absolute atomic E-state index is 0.253. The van der Waals surface area contributed by atoms with E-state index < -0.39 is 0 Å². The summed E-state index contributed by atoms with van der Waals surface area (Å²) >= 11 is 0. The minimum Gasteiger partial charge on any atom is -0.493 e. The number of carbonyl (C=O) groups is 1. The quantitative estimate of drug-likeness (QED) is 0.612. The lowest BCUT2D eigenvalue weighted by Crippen LogP contribution is -2.14. The van der Waals surface area contributed by atoms with Crippen molar-refractivity contribution in [3.8, 4) is 5.75 Å². The summed E-state index contributed by atoms with van der Waals surface area (Å²) in [5.41, 5.74) is 2.77. The summed E-state index contributed by atoms with van der Waals surface area (Å²) in [6.07, 6.45) is 2.71. The fourth-order valence-corrected chi connectivity index (χ4v) is 2.75. The van der Waals surface area contributed by atoms with Crippen molar-refractivity contribution in [1.29, 1.82) is 0 Å². The molecule has 26 heavy (non-hydrogen) atoms. The van der Waals surface area contributed by atoms with Crippen LogP contribution in [0.4, 0.5) is 4.39 Å². The van der Waals surface area contributed by atoms with Crippen LogP contribution < -0.4 is 10.2 Å². The number of ketones is 1. The molecule has 0 aliphatic heterocycles. The lowest BCUT2D eigenvalue weighted by Gasteiger charge is -2.09. The van der Waals surface area contributed by atoms with Gasteiger partial charge in [0.05, 0.1) is 6.61 Å². The van der Waals surface area contributed by atoms with Crippen LogP contribution in [0.5, 0.6) is 5.75 Å². The van der Waals surface area contributed by atoms with Crippen molar-refractivity contribution in [2.45, 2.75) is 25.7 Å². The molecule has 0 unspecified atom stereocenters. The van der Waals surface area contributed by atoms with Crippen molar-refractivity contribution in [3.63, 3.8) is 0 Å². The van der Waals surface area contributed by atoms with Crippen LogP contribution >= 0.6 is 0 Å². The molecule has 2 rings (SSSR count). The molecule has 3 nitrogen and oxygen atoms in total. The van der Waals surface area contributed by atoms with E-state index in [4.69, 9.17) is 4.74 Å². The van der Waals surface area contributed by atoms with E-state index in [2.05, 4.69) is 11.0 Å². The summed E-state index contributed by atoms with van der Waals surface area (Å²) in [7, 11) is 5.76. The van der Waals surface area contributed by atoms with E-state index in [1.807, 2.05) is 32.3 Å². The molecule has 0 fully saturated rings. The first-order valence-electron chi connectivity index (χ1n) is 9.07. The number of benzene rings is 2. The van der Waals surface area contributed by atoms with Gasteiger partial charge in [0.1, 0.15) is 25.2 Å². The Hall–Kier alpha value is -2.14. The van der Waals surface area contributed by atoms with Crippen molar-refractivity contribution < 1.29 is 13.9 Å². The van der Waals surface area contributed by atoms with Crippen LogP contribution in [-0.4, -0.2) is 45.8 Å². The maximum absolute atomic E-state index is 13.5. The van der Waals surface area contributed by atoms with Gasteiger partial charge in [-0.2, -0.15) is 0 Å². The molecule has 138 valence electrons. The highest BCUT2D eigenvalue weighted by molar-refractivity contribution is 6.32. The predicted octanol–water partition coefficient (Wildman–Crippen LogP) is 2.16. The summed E-state index contributed by atoms with van der Waals surface area (Å²) in [5, 5.41) is 0. The van der Waals surface area contributed by atoms with E-state index in [1.165, 1.54) is 6.07 Å². The Balaban J connectivity index is 1.80. The van der Waals surface area contributed by atoms with E-state index >= 15 is 0 Å². The topological polar surface area (TPSA) is 29.5 Å². The maximum atomic E-state index is 13.5. The lowest BCUT2D eigenvalue weighted by molar-refractivity contribution is -0.118. The summed E-state index contributed by atoms with van der Waals surface area (Å²) in [6.45, 7) is 1.41. The van der Waals surface area contributed by atoms with Crippen molar-refractivity contribution in [2.24, 2.45) is 0 Å². The zero-order valence-electron chi connectivity index (χ0n) is 15.9. The van der Waals surface area contributed by atoms with Gasteiger partial charge in [-0.25, -0.2) is 4.39 Å². The van der Waals surface area contributed by atoms with Gasteiger partial charge in [-0.05, 0) is 44.3 Å². The van der Waals surface area contributed by atoms with Crippen LogP contribution in [0, 0.1) is 5.82 Å². The third-order valence-corrected chi connectivity index (χ3v) is 4.26. The van der Waals surface area contributed by atoms with Crippen LogP contribution in [0.25, 0.3) is 0 Å². The molecule has 2 aromatic rings. The average molecular weight is 355 g/mol. The first-order valence-corrected chi connectivity index (χ1v) is 9.07. The van der Waals surface area contributed by atoms with Crippen molar-refractivity contribution in [1.82, 2.24) is 4.90 Å². The number of hydrogen-bond donors (Lipinski definition) is 0. The molecule has 0 radical (unpaired) electrons. The van der Waals surface area contributed by atoms with Gasteiger partial charge in [0.25, 0.3) is 0 Å². The number of ether oxygens (including phenoxy) is 1. The molecule has 0 N–H and O–H groups in total. The van der Waals surface area contributed by atoms with Gasteiger partial charge in [-0.3, -0.25) is 4.79 Å². The van der Waals surface area contributed by atoms with Gasteiger partial charge < -0.3 is 9.64 Å². The molecule has 0 bridgehead atoms. The molecular formula is C21H27BFNO2. The van der Waals surface area contributed by atoms with Gasteiger partial charge in [-0.1, -0.05) is 35.8 Å². The standard InChI is InChI=1S/C21H27BFNO2/c1-24(2)11-4-7-18(25)14-17-6-3-5-16(13-17)10-12-26-19-8-9-20(22)21(23)15-19/h3,5-6,8-9,13,15H,4,7,10-12,14,22H2,1-2H3. The molecule has 0 saturated carbocycles. The molecule has 0 aromatic heterocycles. The number of hydrogen-bond acceptors (Lipinski definition) is 3. The number of carbonyl (C=O) groups excluding carboxylic acids is 1. The van der Waals surface area contributed by atoms with Crippen molar-refractivity contribution >= 4 is 19.1 Å². The fourth-order valence-electron chi connectivity index (χ4n) is 2.75. The zero-order valence-corrected chi connectivity index (χ0v) is 15.9. The third-order valence-electron chi connectivity index (χ3n) is 4.26. The van der Waals surface area contributed by atoms with Gasteiger partial charge >= 0.3 is 0 Å². The predicted molar refractivity (Wildman–Crippen MR) is 107 cm³/mol. The molecule has 0 heterocycles. The lowest BCUT2D eigenvalue weighted by atomic mass is 9.96. The minimum atomic E-state index is -0.253. The Kier molecular flexibility index (Phi) is 7.86. The van der Waals surface area contributed by atoms with Crippen molar-refractivity contribution in [2.75, 3.05) is 27.2 Å². The Morgan fingerprint density at radius 2 is 1.92 bits per heavy atom. The van der Waals surface area contributed by atoms with Gasteiger partial charge in [-0.15, -0.1) is 0 Å². The molecule has 2 aromatic carbocycles. The molecule has 0 saturated heterocycles. The highest BCUT2D eigenvalue weighted by Gasteiger charge is 2.06. The second-order valence-electron chi connectivity index (χ2n) is 6.95. The smallest absolute Gasteiger partial charge is 0.143 e. The Morgan fingerprint density at radius 1 is 1.15 bits per heavy atom. The summed E-state index contributed by atoms with van der Waals surface area (Å²) in [5.74, 6) is 0.563. The molecule has 5 heteroatoms.